The van der Waals surface area contributed by atoms with Crippen molar-refractivity contribution in [2.75, 3.05) is 13.1 Å². The molecular formula is C18H28N2O3. The van der Waals surface area contributed by atoms with Gasteiger partial charge in [0.1, 0.15) is 0 Å². The molecule has 2 amide bonds. The second-order valence-corrected chi connectivity index (χ2v) is 6.52. The summed E-state index contributed by atoms with van der Waals surface area (Å²) in [5.41, 5.74) is 0. The lowest BCUT2D eigenvalue weighted by Crippen LogP contribution is -2.45. The maximum absolute atomic E-state index is 13.0. The molecule has 0 aromatic carbocycles. The summed E-state index contributed by atoms with van der Waals surface area (Å²) in [7, 11) is 0. The van der Waals surface area contributed by atoms with Crippen molar-refractivity contribution in [3.05, 3.63) is 24.3 Å². The predicted octanol–water partition coefficient (Wildman–Crippen LogP) is 2.76. The average molecular weight is 320 g/mol. The van der Waals surface area contributed by atoms with Gasteiger partial charge in [-0.05, 0) is 25.7 Å². The van der Waals surface area contributed by atoms with Gasteiger partial charge in [-0.15, -0.1) is 0 Å². The smallest absolute Gasteiger partial charge is 0.233 e. The fraction of sp³-hybridized carbons (Fsp3) is 0.667. The second kappa shape index (κ2) is 8.87. The highest BCUT2D eigenvalue weighted by Gasteiger charge is 2.36. The van der Waals surface area contributed by atoms with Crippen molar-refractivity contribution in [3.8, 4) is 0 Å². The number of allylic oxidation sites excluding steroid dienone is 3. The van der Waals surface area contributed by atoms with Crippen LogP contribution in [0.15, 0.2) is 24.3 Å². The van der Waals surface area contributed by atoms with Crippen LogP contribution in [0.25, 0.3) is 0 Å². The van der Waals surface area contributed by atoms with E-state index in [0.29, 0.717) is 23.8 Å². The number of hydrogen-bond acceptors (Lipinski definition) is 3. The van der Waals surface area contributed by atoms with Crippen molar-refractivity contribution in [2.45, 2.75) is 51.5 Å². The molecule has 0 spiro atoms. The molecule has 0 aromatic rings. The molecule has 128 valence electrons. The Morgan fingerprint density at radius 1 is 1.48 bits per heavy atom. The maximum Gasteiger partial charge on any atom is 0.233 e. The van der Waals surface area contributed by atoms with Gasteiger partial charge in [-0.1, -0.05) is 44.1 Å². The van der Waals surface area contributed by atoms with Crippen LogP contribution in [-0.4, -0.2) is 46.6 Å². The Morgan fingerprint density at radius 3 is 2.96 bits per heavy atom. The van der Waals surface area contributed by atoms with E-state index in [2.05, 4.69) is 31.2 Å². The summed E-state index contributed by atoms with van der Waals surface area (Å²) >= 11 is 0. The van der Waals surface area contributed by atoms with Gasteiger partial charge in [-0.2, -0.15) is 0 Å². The van der Waals surface area contributed by atoms with Gasteiger partial charge in [0.15, 0.2) is 0 Å². The van der Waals surface area contributed by atoms with Gasteiger partial charge >= 0.3 is 0 Å². The molecule has 1 aliphatic heterocycles. The van der Waals surface area contributed by atoms with E-state index in [-0.39, 0.29) is 24.4 Å². The van der Waals surface area contributed by atoms with E-state index in [1.807, 2.05) is 4.90 Å². The standard InChI is InChI=1S/C18H28N2O3/c1-2-3-8-16(13-19(23)14-21)18(22)20-12-7-11-17(20)15-9-5-4-6-10-15/h4-6,9,14-17,23H,2-3,7-8,10-13H2,1H3/t15?,16-,17+/m1/s1. The molecule has 1 fully saturated rings. The zero-order chi connectivity index (χ0) is 16.7. The first kappa shape index (κ1) is 17.7. The minimum atomic E-state index is -0.311. The number of rotatable bonds is 8. The molecular weight excluding hydrogens is 292 g/mol. The minimum Gasteiger partial charge on any atom is -0.339 e. The van der Waals surface area contributed by atoms with Crippen LogP contribution in [-0.2, 0) is 9.59 Å². The van der Waals surface area contributed by atoms with Crippen LogP contribution in [0.1, 0.15) is 45.4 Å². The average Bonchev–Trinajstić information content (AvgIpc) is 3.08. The molecule has 23 heavy (non-hydrogen) atoms. The number of likely N-dealkylation sites (tertiary alicyclic amines) is 1. The lowest BCUT2D eigenvalue weighted by Gasteiger charge is -2.33. The fourth-order valence-electron chi connectivity index (χ4n) is 3.64. The van der Waals surface area contributed by atoms with Crippen molar-refractivity contribution >= 4 is 12.3 Å². The number of unbranched alkanes of at least 4 members (excludes halogenated alkanes) is 1. The highest BCUT2D eigenvalue weighted by atomic mass is 16.5. The molecule has 0 saturated carbocycles. The lowest BCUT2D eigenvalue weighted by atomic mass is 9.90. The Bertz CT molecular complexity index is 461. The monoisotopic (exact) mass is 320 g/mol. The largest absolute Gasteiger partial charge is 0.339 e. The van der Waals surface area contributed by atoms with E-state index in [0.717, 1.165) is 38.6 Å². The van der Waals surface area contributed by atoms with Crippen LogP contribution in [0, 0.1) is 11.8 Å². The maximum atomic E-state index is 13.0. The van der Waals surface area contributed by atoms with Crippen LogP contribution < -0.4 is 0 Å². The van der Waals surface area contributed by atoms with Gasteiger partial charge in [0, 0.05) is 18.5 Å². The van der Waals surface area contributed by atoms with Crippen LogP contribution in [0.4, 0.5) is 0 Å². The Morgan fingerprint density at radius 2 is 2.30 bits per heavy atom. The first-order valence-electron chi connectivity index (χ1n) is 8.72. The van der Waals surface area contributed by atoms with E-state index >= 15 is 0 Å². The topological polar surface area (TPSA) is 60.9 Å². The number of hydroxylamine groups is 2. The Hall–Kier alpha value is -1.62. The predicted molar refractivity (Wildman–Crippen MR) is 88.7 cm³/mol. The molecule has 0 radical (unpaired) electrons. The van der Waals surface area contributed by atoms with Crippen LogP contribution in [0.2, 0.25) is 0 Å². The van der Waals surface area contributed by atoms with Crippen LogP contribution >= 0.6 is 0 Å². The zero-order valence-corrected chi connectivity index (χ0v) is 13.9. The van der Waals surface area contributed by atoms with Gasteiger partial charge in [0.2, 0.25) is 12.3 Å². The summed E-state index contributed by atoms with van der Waals surface area (Å²) in [6, 6.07) is 0.246. The molecule has 1 aliphatic carbocycles. The number of amides is 2. The van der Waals surface area contributed by atoms with Gasteiger partial charge in [0.25, 0.3) is 0 Å². The Kier molecular flexibility index (Phi) is 6.84. The molecule has 0 aromatic heterocycles. The van der Waals surface area contributed by atoms with Crippen molar-refractivity contribution in [1.29, 1.82) is 0 Å². The summed E-state index contributed by atoms with van der Waals surface area (Å²) < 4.78 is 0. The van der Waals surface area contributed by atoms with Crippen molar-refractivity contribution in [3.63, 3.8) is 0 Å². The number of nitrogens with zero attached hydrogens (tertiary/aromatic N) is 2. The Balaban J connectivity index is 2.05. The third-order valence-corrected chi connectivity index (χ3v) is 4.87. The van der Waals surface area contributed by atoms with E-state index in [1.165, 1.54) is 0 Å². The summed E-state index contributed by atoms with van der Waals surface area (Å²) in [6.45, 7) is 2.95. The fourth-order valence-corrected chi connectivity index (χ4v) is 3.64. The van der Waals surface area contributed by atoms with E-state index < -0.39 is 0 Å². The second-order valence-electron chi connectivity index (χ2n) is 6.52. The number of carbonyl (C=O) groups excluding carboxylic acids is 2. The summed E-state index contributed by atoms with van der Waals surface area (Å²) in [5, 5.41) is 10.1. The van der Waals surface area contributed by atoms with Gasteiger partial charge in [0.05, 0.1) is 12.5 Å². The lowest BCUT2D eigenvalue weighted by molar-refractivity contribution is -0.157. The van der Waals surface area contributed by atoms with Crippen molar-refractivity contribution < 1.29 is 14.8 Å². The number of hydrogen-bond donors (Lipinski definition) is 1. The van der Waals surface area contributed by atoms with Crippen LogP contribution in [0.3, 0.4) is 0 Å². The van der Waals surface area contributed by atoms with E-state index in [4.69, 9.17) is 0 Å². The highest BCUT2D eigenvalue weighted by Crippen LogP contribution is 2.31. The van der Waals surface area contributed by atoms with Gasteiger partial charge in [-0.3, -0.25) is 14.8 Å². The quantitative estimate of drug-likeness (QED) is 0.425. The molecule has 5 heteroatoms. The van der Waals surface area contributed by atoms with Crippen molar-refractivity contribution in [1.82, 2.24) is 9.96 Å². The molecule has 2 rings (SSSR count). The third-order valence-electron chi connectivity index (χ3n) is 4.87. The first-order valence-corrected chi connectivity index (χ1v) is 8.72. The van der Waals surface area contributed by atoms with Gasteiger partial charge < -0.3 is 4.90 Å². The van der Waals surface area contributed by atoms with Gasteiger partial charge in [-0.25, -0.2) is 5.06 Å². The molecule has 5 nitrogen and oxygen atoms in total. The highest BCUT2D eigenvalue weighted by molar-refractivity contribution is 5.80. The number of carbonyl (C=O) groups is 2. The molecule has 1 heterocycles. The normalized spacial score (nSPS) is 24.7. The Labute approximate surface area is 138 Å². The molecule has 1 unspecified atom stereocenters. The minimum absolute atomic E-state index is 0.0878. The molecule has 2 aliphatic rings. The molecule has 1 saturated heterocycles. The van der Waals surface area contributed by atoms with Crippen LogP contribution in [0.5, 0.6) is 0 Å². The third kappa shape index (κ3) is 4.67. The summed E-state index contributed by atoms with van der Waals surface area (Å²) in [5.74, 6) is 0.160. The molecule has 0 bridgehead atoms. The van der Waals surface area contributed by atoms with E-state index in [9.17, 15) is 14.8 Å². The summed E-state index contributed by atoms with van der Waals surface area (Å²) in [4.78, 5) is 25.7. The SMILES string of the molecule is CCCC[C@H](CN(O)C=O)C(=O)N1CCC[C@H]1C1C=CC=CC1. The molecule has 1 N–H and O–H groups in total. The molecule has 3 atom stereocenters. The van der Waals surface area contributed by atoms with Crippen molar-refractivity contribution in [2.24, 2.45) is 11.8 Å². The first-order chi connectivity index (χ1) is 11.2. The zero-order valence-electron chi connectivity index (χ0n) is 13.9. The van der Waals surface area contributed by atoms with E-state index in [1.54, 1.807) is 0 Å². The summed E-state index contributed by atoms with van der Waals surface area (Å²) in [6.07, 6.45) is 14.5.